The van der Waals surface area contributed by atoms with E-state index in [1.807, 2.05) is 0 Å². The first kappa shape index (κ1) is 17.7. The highest BCUT2D eigenvalue weighted by molar-refractivity contribution is 5.69. The van der Waals surface area contributed by atoms with Crippen LogP contribution in [0, 0.1) is 11.8 Å². The molecule has 1 aliphatic carbocycles. The molecule has 0 aromatic carbocycles. The second-order valence-corrected chi connectivity index (χ2v) is 7.52. The number of nitrogens with one attached hydrogen (secondary N) is 1. The Morgan fingerprint density at radius 3 is 2.59 bits per heavy atom. The van der Waals surface area contributed by atoms with Crippen LogP contribution in [0.3, 0.4) is 0 Å². The summed E-state index contributed by atoms with van der Waals surface area (Å²) in [7, 11) is 1.48. The topological polar surface area (TPSA) is 41.6 Å². The van der Waals surface area contributed by atoms with Crippen molar-refractivity contribution in [3.8, 4) is 0 Å². The van der Waals surface area contributed by atoms with E-state index in [-0.39, 0.29) is 5.97 Å². The third kappa shape index (κ3) is 5.54. The van der Waals surface area contributed by atoms with Crippen LogP contribution in [0.1, 0.15) is 58.8 Å². The van der Waals surface area contributed by atoms with Crippen molar-refractivity contribution in [1.82, 2.24) is 10.2 Å². The Morgan fingerprint density at radius 2 is 1.95 bits per heavy atom. The van der Waals surface area contributed by atoms with Crippen molar-refractivity contribution in [2.45, 2.75) is 70.9 Å². The third-order valence-corrected chi connectivity index (χ3v) is 5.45. The molecule has 0 aromatic heterocycles. The summed E-state index contributed by atoms with van der Waals surface area (Å²) in [6.45, 7) is 8.00. The van der Waals surface area contributed by atoms with Gasteiger partial charge in [-0.1, -0.05) is 12.8 Å². The first-order valence-corrected chi connectivity index (χ1v) is 9.12. The SMILES string of the molecule is COC(=O)CCC1CC(NCC2CCCC2)CN(C(C)C)C1. The minimum Gasteiger partial charge on any atom is -0.469 e. The summed E-state index contributed by atoms with van der Waals surface area (Å²) in [5.41, 5.74) is 0. The molecule has 128 valence electrons. The van der Waals surface area contributed by atoms with E-state index < -0.39 is 0 Å². The fourth-order valence-electron chi connectivity index (χ4n) is 3.99. The number of esters is 1. The fraction of sp³-hybridized carbons (Fsp3) is 0.944. The standard InChI is InChI=1S/C18H34N2O2/c1-14(2)20-12-16(8-9-18(21)22-3)10-17(13-20)19-11-15-6-4-5-7-15/h14-17,19H,4-13H2,1-3H3. The molecule has 4 heteroatoms. The van der Waals surface area contributed by atoms with Gasteiger partial charge < -0.3 is 10.1 Å². The summed E-state index contributed by atoms with van der Waals surface area (Å²) in [4.78, 5) is 14.0. The minimum atomic E-state index is -0.0721. The highest BCUT2D eigenvalue weighted by Gasteiger charge is 2.29. The van der Waals surface area contributed by atoms with Gasteiger partial charge in [0.05, 0.1) is 7.11 Å². The summed E-state index contributed by atoms with van der Waals surface area (Å²) in [5, 5.41) is 3.82. The number of rotatable bonds is 7. The number of carbonyl (C=O) groups excluding carboxylic acids is 1. The van der Waals surface area contributed by atoms with Crippen molar-refractivity contribution in [2.24, 2.45) is 11.8 Å². The van der Waals surface area contributed by atoms with Crippen molar-refractivity contribution in [3.05, 3.63) is 0 Å². The summed E-state index contributed by atoms with van der Waals surface area (Å²) < 4.78 is 4.79. The minimum absolute atomic E-state index is 0.0721. The molecule has 1 aliphatic heterocycles. The largest absolute Gasteiger partial charge is 0.469 e. The molecule has 2 atom stereocenters. The molecule has 0 radical (unpaired) electrons. The van der Waals surface area contributed by atoms with E-state index in [1.54, 1.807) is 0 Å². The number of ether oxygens (including phenoxy) is 1. The Labute approximate surface area is 136 Å². The maximum absolute atomic E-state index is 11.4. The summed E-state index contributed by atoms with van der Waals surface area (Å²) in [6.07, 6.45) is 8.35. The number of likely N-dealkylation sites (tertiary alicyclic amines) is 1. The average Bonchev–Trinajstić information content (AvgIpc) is 3.03. The summed E-state index contributed by atoms with van der Waals surface area (Å²) >= 11 is 0. The molecule has 0 amide bonds. The van der Waals surface area contributed by atoms with E-state index in [1.165, 1.54) is 45.8 Å². The Balaban J connectivity index is 1.81. The van der Waals surface area contributed by atoms with Gasteiger partial charge in [0, 0.05) is 31.6 Å². The molecule has 2 fully saturated rings. The number of nitrogens with zero attached hydrogens (tertiary/aromatic N) is 1. The highest BCUT2D eigenvalue weighted by atomic mass is 16.5. The lowest BCUT2D eigenvalue weighted by atomic mass is 9.89. The maximum Gasteiger partial charge on any atom is 0.305 e. The van der Waals surface area contributed by atoms with Crippen molar-refractivity contribution in [2.75, 3.05) is 26.7 Å². The van der Waals surface area contributed by atoms with Gasteiger partial charge in [0.2, 0.25) is 0 Å². The van der Waals surface area contributed by atoms with Gasteiger partial charge in [-0.2, -0.15) is 0 Å². The highest BCUT2D eigenvalue weighted by Crippen LogP contribution is 2.26. The van der Waals surface area contributed by atoms with E-state index in [9.17, 15) is 4.79 Å². The zero-order valence-electron chi connectivity index (χ0n) is 14.6. The number of hydrogen-bond donors (Lipinski definition) is 1. The van der Waals surface area contributed by atoms with Crippen LogP contribution >= 0.6 is 0 Å². The molecule has 0 aromatic rings. The first-order valence-electron chi connectivity index (χ1n) is 9.12. The van der Waals surface area contributed by atoms with Crippen molar-refractivity contribution >= 4 is 5.97 Å². The van der Waals surface area contributed by atoms with Gasteiger partial charge in [0.25, 0.3) is 0 Å². The van der Waals surface area contributed by atoms with Gasteiger partial charge in [-0.25, -0.2) is 0 Å². The molecule has 0 spiro atoms. The quantitative estimate of drug-likeness (QED) is 0.734. The van der Waals surface area contributed by atoms with Crippen molar-refractivity contribution in [1.29, 1.82) is 0 Å². The molecule has 4 nitrogen and oxygen atoms in total. The fourth-order valence-corrected chi connectivity index (χ4v) is 3.99. The smallest absolute Gasteiger partial charge is 0.305 e. The number of carbonyl (C=O) groups is 1. The number of hydrogen-bond acceptors (Lipinski definition) is 4. The van der Waals surface area contributed by atoms with Crippen molar-refractivity contribution in [3.63, 3.8) is 0 Å². The van der Waals surface area contributed by atoms with Crippen LogP contribution < -0.4 is 5.32 Å². The zero-order chi connectivity index (χ0) is 15.9. The molecule has 1 N–H and O–H groups in total. The van der Waals surface area contributed by atoms with E-state index in [2.05, 4.69) is 24.1 Å². The molecule has 1 heterocycles. The second-order valence-electron chi connectivity index (χ2n) is 7.52. The van der Waals surface area contributed by atoms with Gasteiger partial charge >= 0.3 is 5.97 Å². The second kappa shape index (κ2) is 8.88. The van der Waals surface area contributed by atoms with Crippen LogP contribution in [0.25, 0.3) is 0 Å². The van der Waals surface area contributed by atoms with Crippen molar-refractivity contribution < 1.29 is 9.53 Å². The van der Waals surface area contributed by atoms with E-state index in [0.29, 0.717) is 24.4 Å². The molecule has 0 bridgehead atoms. The number of methoxy groups -OCH3 is 1. The Bertz CT molecular complexity index is 340. The lowest BCUT2D eigenvalue weighted by Crippen LogP contribution is -2.52. The van der Waals surface area contributed by atoms with Crippen LogP contribution in [0.15, 0.2) is 0 Å². The van der Waals surface area contributed by atoms with Gasteiger partial charge in [-0.3, -0.25) is 9.69 Å². The van der Waals surface area contributed by atoms with Gasteiger partial charge in [0.15, 0.2) is 0 Å². The molecule has 22 heavy (non-hydrogen) atoms. The summed E-state index contributed by atoms with van der Waals surface area (Å²) in [6, 6.07) is 1.16. The summed E-state index contributed by atoms with van der Waals surface area (Å²) in [5.74, 6) is 1.43. The van der Waals surface area contributed by atoms with Gasteiger partial charge in [0.1, 0.15) is 0 Å². The predicted molar refractivity (Wildman–Crippen MR) is 89.8 cm³/mol. The third-order valence-electron chi connectivity index (χ3n) is 5.45. The average molecular weight is 310 g/mol. The van der Waals surface area contributed by atoms with Crippen LogP contribution in [-0.4, -0.2) is 49.7 Å². The predicted octanol–water partition coefficient (Wildman–Crippen LogP) is 2.82. The molecule has 2 unspecified atom stereocenters. The van der Waals surface area contributed by atoms with Crippen LogP contribution in [-0.2, 0) is 9.53 Å². The molecular weight excluding hydrogens is 276 g/mol. The first-order chi connectivity index (χ1) is 10.6. The molecule has 2 aliphatic rings. The van der Waals surface area contributed by atoms with Gasteiger partial charge in [-0.05, 0) is 57.9 Å². The Morgan fingerprint density at radius 1 is 1.23 bits per heavy atom. The van der Waals surface area contributed by atoms with E-state index in [4.69, 9.17) is 4.74 Å². The van der Waals surface area contributed by atoms with E-state index >= 15 is 0 Å². The van der Waals surface area contributed by atoms with Gasteiger partial charge in [-0.15, -0.1) is 0 Å². The molecule has 2 rings (SSSR count). The maximum atomic E-state index is 11.4. The number of piperidine rings is 1. The molecule has 1 saturated carbocycles. The lowest BCUT2D eigenvalue weighted by Gasteiger charge is -2.40. The molecular formula is C18H34N2O2. The lowest BCUT2D eigenvalue weighted by molar-refractivity contribution is -0.141. The Hall–Kier alpha value is -0.610. The monoisotopic (exact) mass is 310 g/mol. The Kier molecular flexibility index (Phi) is 7.16. The zero-order valence-corrected chi connectivity index (χ0v) is 14.6. The normalized spacial score (nSPS) is 27.5. The van der Waals surface area contributed by atoms with Crippen LogP contribution in [0.2, 0.25) is 0 Å². The molecule has 1 saturated heterocycles. The van der Waals surface area contributed by atoms with E-state index in [0.717, 1.165) is 25.4 Å². The van der Waals surface area contributed by atoms with Crippen LogP contribution in [0.5, 0.6) is 0 Å². The van der Waals surface area contributed by atoms with Crippen LogP contribution in [0.4, 0.5) is 0 Å².